The van der Waals surface area contributed by atoms with Crippen LogP contribution in [-0.4, -0.2) is 11.8 Å². The number of rotatable bonds is 3. The molecule has 0 saturated carbocycles. The monoisotopic (exact) mass is 304 g/mol. The van der Waals surface area contributed by atoms with E-state index in [4.69, 9.17) is 0 Å². The Hall–Kier alpha value is -2.76. The lowest BCUT2D eigenvalue weighted by molar-refractivity contribution is -0.136. The van der Waals surface area contributed by atoms with Gasteiger partial charge in [-0.3, -0.25) is 9.59 Å². The van der Waals surface area contributed by atoms with Crippen LogP contribution >= 0.6 is 0 Å². The zero-order chi connectivity index (χ0) is 16.1. The average Bonchev–Trinajstić information content (AvgIpc) is 2.50. The van der Waals surface area contributed by atoms with Crippen LogP contribution in [0.4, 0.5) is 14.5 Å². The van der Waals surface area contributed by atoms with Crippen molar-refractivity contribution in [2.75, 3.05) is 5.32 Å². The Labute approximate surface area is 126 Å². The summed E-state index contributed by atoms with van der Waals surface area (Å²) in [5, 5.41) is 4.44. The van der Waals surface area contributed by atoms with Crippen molar-refractivity contribution < 1.29 is 18.4 Å². The highest BCUT2D eigenvalue weighted by Crippen LogP contribution is 2.15. The van der Waals surface area contributed by atoms with Gasteiger partial charge in [0.15, 0.2) is 0 Å². The van der Waals surface area contributed by atoms with E-state index in [1.165, 1.54) is 0 Å². The minimum atomic E-state index is -1.06. The minimum Gasteiger partial charge on any atom is -0.344 e. The van der Waals surface area contributed by atoms with E-state index in [9.17, 15) is 18.4 Å². The van der Waals surface area contributed by atoms with E-state index in [-0.39, 0.29) is 12.2 Å². The zero-order valence-corrected chi connectivity index (χ0v) is 11.8. The number of halogens is 2. The molecule has 0 unspecified atom stereocenters. The summed E-state index contributed by atoms with van der Waals surface area (Å²) in [6, 6.07) is 9.99. The zero-order valence-electron chi connectivity index (χ0n) is 11.8. The van der Waals surface area contributed by atoms with Crippen molar-refractivity contribution in [3.8, 4) is 0 Å². The van der Waals surface area contributed by atoms with Crippen molar-refractivity contribution in [3.05, 3.63) is 65.2 Å². The maximum absolute atomic E-state index is 13.4. The molecule has 0 bridgehead atoms. The normalized spacial score (nSPS) is 10.1. The van der Waals surface area contributed by atoms with Gasteiger partial charge in [0.1, 0.15) is 11.6 Å². The number of hydrogen-bond acceptors (Lipinski definition) is 2. The predicted molar refractivity (Wildman–Crippen MR) is 78.0 cm³/mol. The highest BCUT2D eigenvalue weighted by Gasteiger charge is 2.15. The molecule has 0 atom stereocenters. The number of carbonyl (C=O) groups is 2. The molecule has 2 rings (SSSR count). The fraction of sp³-hybridized carbons (Fsp3) is 0.125. The van der Waals surface area contributed by atoms with Crippen molar-refractivity contribution >= 4 is 17.5 Å². The standard InChI is InChI=1S/C16H14F2N2O2/c1-10-2-4-11(5-3-10)9-19-15(21)16(22)20-14-8-12(17)6-7-13(14)18/h2-8H,9H2,1H3,(H,19,21)(H,20,22). The van der Waals surface area contributed by atoms with E-state index in [0.29, 0.717) is 0 Å². The van der Waals surface area contributed by atoms with E-state index in [1.807, 2.05) is 36.5 Å². The molecule has 0 radical (unpaired) electrons. The minimum absolute atomic E-state index is 0.165. The van der Waals surface area contributed by atoms with Gasteiger partial charge in [0.25, 0.3) is 0 Å². The molecule has 0 heterocycles. The van der Waals surface area contributed by atoms with Crippen LogP contribution in [-0.2, 0) is 16.1 Å². The third-order valence-corrected chi connectivity index (χ3v) is 2.96. The summed E-state index contributed by atoms with van der Waals surface area (Å²) in [5.74, 6) is -3.52. The summed E-state index contributed by atoms with van der Waals surface area (Å²) in [6.45, 7) is 2.10. The summed E-state index contributed by atoms with van der Waals surface area (Å²) < 4.78 is 26.4. The number of benzene rings is 2. The Balaban J connectivity index is 1.93. The molecule has 0 aliphatic heterocycles. The van der Waals surface area contributed by atoms with Crippen LogP contribution in [0, 0.1) is 18.6 Å². The van der Waals surface area contributed by atoms with Crippen LogP contribution in [0.2, 0.25) is 0 Å². The molecule has 0 spiro atoms. The lowest BCUT2D eigenvalue weighted by Crippen LogP contribution is -2.35. The Morgan fingerprint density at radius 2 is 1.68 bits per heavy atom. The fourth-order valence-corrected chi connectivity index (χ4v) is 1.74. The largest absolute Gasteiger partial charge is 0.344 e. The maximum atomic E-state index is 13.4. The molecule has 2 N–H and O–H groups in total. The Morgan fingerprint density at radius 3 is 2.36 bits per heavy atom. The van der Waals surface area contributed by atoms with E-state index in [1.54, 1.807) is 0 Å². The van der Waals surface area contributed by atoms with Gasteiger partial charge in [0, 0.05) is 12.6 Å². The molecule has 2 amide bonds. The molecule has 0 fully saturated rings. The van der Waals surface area contributed by atoms with E-state index in [2.05, 4.69) is 5.32 Å². The summed E-state index contributed by atoms with van der Waals surface area (Å²) >= 11 is 0. The quantitative estimate of drug-likeness (QED) is 0.856. The van der Waals surface area contributed by atoms with Crippen molar-refractivity contribution in [2.45, 2.75) is 13.5 Å². The first-order valence-electron chi connectivity index (χ1n) is 6.55. The van der Waals surface area contributed by atoms with Crippen LogP contribution in [0.25, 0.3) is 0 Å². The summed E-state index contributed by atoms with van der Waals surface area (Å²) in [6.07, 6.45) is 0. The van der Waals surface area contributed by atoms with Crippen molar-refractivity contribution in [2.24, 2.45) is 0 Å². The molecule has 2 aromatic carbocycles. The average molecular weight is 304 g/mol. The smallest absolute Gasteiger partial charge is 0.313 e. The third-order valence-electron chi connectivity index (χ3n) is 2.96. The number of nitrogens with one attached hydrogen (secondary N) is 2. The van der Waals surface area contributed by atoms with Crippen LogP contribution in [0.15, 0.2) is 42.5 Å². The van der Waals surface area contributed by atoms with Gasteiger partial charge in [-0.2, -0.15) is 0 Å². The molecule has 0 saturated heterocycles. The number of carbonyl (C=O) groups excluding carboxylic acids is 2. The molecule has 0 aromatic heterocycles. The SMILES string of the molecule is Cc1ccc(CNC(=O)C(=O)Nc2cc(F)ccc2F)cc1. The molecule has 2 aromatic rings. The van der Waals surface area contributed by atoms with Gasteiger partial charge in [0.2, 0.25) is 0 Å². The molecule has 0 aliphatic rings. The second kappa shape index (κ2) is 6.80. The Bertz CT molecular complexity index is 700. The highest BCUT2D eigenvalue weighted by atomic mass is 19.1. The van der Waals surface area contributed by atoms with Gasteiger partial charge in [-0.15, -0.1) is 0 Å². The predicted octanol–water partition coefficient (Wildman–Crippen LogP) is 2.53. The van der Waals surface area contributed by atoms with Gasteiger partial charge in [-0.25, -0.2) is 8.78 Å². The van der Waals surface area contributed by atoms with E-state index < -0.39 is 23.4 Å². The number of amides is 2. The van der Waals surface area contributed by atoms with Gasteiger partial charge in [-0.1, -0.05) is 29.8 Å². The van der Waals surface area contributed by atoms with E-state index in [0.717, 1.165) is 29.3 Å². The highest BCUT2D eigenvalue weighted by molar-refractivity contribution is 6.39. The maximum Gasteiger partial charge on any atom is 0.313 e. The number of anilines is 1. The first-order chi connectivity index (χ1) is 10.5. The Kier molecular flexibility index (Phi) is 4.83. The second-order valence-corrected chi connectivity index (χ2v) is 4.75. The van der Waals surface area contributed by atoms with Crippen LogP contribution in [0.5, 0.6) is 0 Å². The van der Waals surface area contributed by atoms with Crippen molar-refractivity contribution in [1.29, 1.82) is 0 Å². The molecule has 6 heteroatoms. The topological polar surface area (TPSA) is 58.2 Å². The van der Waals surface area contributed by atoms with Crippen LogP contribution in [0.1, 0.15) is 11.1 Å². The molecule has 22 heavy (non-hydrogen) atoms. The summed E-state index contributed by atoms with van der Waals surface area (Å²) in [4.78, 5) is 23.3. The van der Waals surface area contributed by atoms with Crippen molar-refractivity contribution in [3.63, 3.8) is 0 Å². The second-order valence-electron chi connectivity index (χ2n) is 4.75. The molecular formula is C16H14F2N2O2. The molecular weight excluding hydrogens is 290 g/mol. The lowest BCUT2D eigenvalue weighted by atomic mass is 10.1. The number of hydrogen-bond donors (Lipinski definition) is 2. The van der Waals surface area contributed by atoms with Gasteiger partial charge < -0.3 is 10.6 Å². The Morgan fingerprint density at radius 1 is 1.00 bits per heavy atom. The molecule has 0 aliphatic carbocycles. The lowest BCUT2D eigenvalue weighted by Gasteiger charge is -2.07. The van der Waals surface area contributed by atoms with Gasteiger partial charge in [0.05, 0.1) is 5.69 Å². The molecule has 4 nitrogen and oxygen atoms in total. The third kappa shape index (κ3) is 4.12. The van der Waals surface area contributed by atoms with Crippen molar-refractivity contribution in [1.82, 2.24) is 5.32 Å². The van der Waals surface area contributed by atoms with Gasteiger partial charge in [-0.05, 0) is 24.6 Å². The fourth-order valence-electron chi connectivity index (χ4n) is 1.74. The van der Waals surface area contributed by atoms with E-state index >= 15 is 0 Å². The van der Waals surface area contributed by atoms with Crippen LogP contribution in [0.3, 0.4) is 0 Å². The first-order valence-corrected chi connectivity index (χ1v) is 6.55. The first kappa shape index (κ1) is 15.6. The van der Waals surface area contributed by atoms with Crippen LogP contribution < -0.4 is 10.6 Å². The van der Waals surface area contributed by atoms with Gasteiger partial charge >= 0.3 is 11.8 Å². The number of aryl methyl sites for hydroxylation is 1. The summed E-state index contributed by atoms with van der Waals surface area (Å²) in [7, 11) is 0. The summed E-state index contributed by atoms with van der Waals surface area (Å²) in [5.41, 5.74) is 1.52. The molecule has 114 valence electrons.